The number of rotatable bonds is 4. The summed E-state index contributed by atoms with van der Waals surface area (Å²) < 4.78 is 1.86. The highest BCUT2D eigenvalue weighted by atomic mass is 16.2. The molecule has 0 aliphatic carbocycles. The molecule has 2 rings (SSSR count). The summed E-state index contributed by atoms with van der Waals surface area (Å²) in [6.07, 6.45) is 5.14. The third-order valence-corrected chi connectivity index (χ3v) is 2.36. The Hall–Kier alpha value is -2.43. The van der Waals surface area contributed by atoms with Crippen LogP contribution >= 0.6 is 0 Å². The summed E-state index contributed by atoms with van der Waals surface area (Å²) in [5.41, 5.74) is 1.63. The zero-order valence-corrected chi connectivity index (χ0v) is 9.96. The standard InChI is InChI=1S/C13H13N3O2/c1-10(17)8-13(18)15-11-2-4-12(5-3-11)16-7-6-14-9-16/h2-7,9H,8H2,1H3,(H,15,18). The molecule has 0 atom stereocenters. The highest BCUT2D eigenvalue weighted by Crippen LogP contribution is 2.13. The Morgan fingerprint density at radius 2 is 2.00 bits per heavy atom. The Balaban J connectivity index is 2.04. The number of carbonyl (C=O) groups is 2. The zero-order chi connectivity index (χ0) is 13.0. The van der Waals surface area contributed by atoms with Crippen LogP contribution in [0.3, 0.4) is 0 Å². The number of aromatic nitrogens is 2. The van der Waals surface area contributed by atoms with Gasteiger partial charge in [-0.25, -0.2) is 4.98 Å². The lowest BCUT2D eigenvalue weighted by molar-refractivity contribution is -0.124. The third kappa shape index (κ3) is 3.04. The van der Waals surface area contributed by atoms with E-state index in [0.717, 1.165) is 5.69 Å². The van der Waals surface area contributed by atoms with Crippen molar-refractivity contribution in [3.63, 3.8) is 0 Å². The monoisotopic (exact) mass is 243 g/mol. The number of Topliss-reactive ketones (excluding diaryl/α,β-unsaturated/α-hetero) is 1. The summed E-state index contributed by atoms with van der Waals surface area (Å²) in [6, 6.07) is 7.30. The van der Waals surface area contributed by atoms with Gasteiger partial charge in [0.25, 0.3) is 0 Å². The van der Waals surface area contributed by atoms with Crippen LogP contribution in [0.4, 0.5) is 5.69 Å². The van der Waals surface area contributed by atoms with E-state index < -0.39 is 0 Å². The van der Waals surface area contributed by atoms with E-state index in [1.165, 1.54) is 6.92 Å². The fourth-order valence-corrected chi connectivity index (χ4v) is 1.56. The van der Waals surface area contributed by atoms with E-state index in [-0.39, 0.29) is 18.1 Å². The lowest BCUT2D eigenvalue weighted by atomic mass is 10.2. The molecule has 1 N–H and O–H groups in total. The van der Waals surface area contributed by atoms with Gasteiger partial charge in [-0.2, -0.15) is 0 Å². The van der Waals surface area contributed by atoms with Crippen molar-refractivity contribution in [3.8, 4) is 5.69 Å². The second kappa shape index (κ2) is 5.27. The molecule has 0 unspecified atom stereocenters. The first kappa shape index (κ1) is 12.0. The smallest absolute Gasteiger partial charge is 0.231 e. The van der Waals surface area contributed by atoms with Crippen LogP contribution in [-0.4, -0.2) is 21.2 Å². The van der Waals surface area contributed by atoms with Gasteiger partial charge in [0.15, 0.2) is 0 Å². The average Bonchev–Trinajstić information content (AvgIpc) is 2.82. The second-order valence-corrected chi connectivity index (χ2v) is 3.94. The molecule has 5 heteroatoms. The van der Waals surface area contributed by atoms with Gasteiger partial charge in [0.2, 0.25) is 5.91 Å². The van der Waals surface area contributed by atoms with Crippen LogP contribution in [0.5, 0.6) is 0 Å². The fourth-order valence-electron chi connectivity index (χ4n) is 1.56. The van der Waals surface area contributed by atoms with Crippen LogP contribution in [0.15, 0.2) is 43.0 Å². The number of hydrogen-bond acceptors (Lipinski definition) is 3. The number of hydrogen-bond donors (Lipinski definition) is 1. The molecule has 0 saturated heterocycles. The Morgan fingerprint density at radius 1 is 1.28 bits per heavy atom. The van der Waals surface area contributed by atoms with Crippen molar-refractivity contribution in [1.82, 2.24) is 9.55 Å². The zero-order valence-electron chi connectivity index (χ0n) is 9.96. The predicted octanol–water partition coefficient (Wildman–Crippen LogP) is 1.79. The van der Waals surface area contributed by atoms with Crippen molar-refractivity contribution < 1.29 is 9.59 Å². The van der Waals surface area contributed by atoms with Gasteiger partial charge in [0.05, 0.1) is 12.7 Å². The summed E-state index contributed by atoms with van der Waals surface area (Å²) >= 11 is 0. The number of ketones is 1. The molecular formula is C13H13N3O2. The summed E-state index contributed by atoms with van der Waals surface area (Å²) in [5, 5.41) is 2.66. The van der Waals surface area contributed by atoms with Gasteiger partial charge < -0.3 is 9.88 Å². The van der Waals surface area contributed by atoms with Crippen LogP contribution in [0.2, 0.25) is 0 Å². The molecule has 1 aromatic carbocycles. The van der Waals surface area contributed by atoms with Gasteiger partial charge in [0.1, 0.15) is 5.78 Å². The molecule has 1 amide bonds. The number of imidazole rings is 1. The van der Waals surface area contributed by atoms with E-state index >= 15 is 0 Å². The van der Waals surface area contributed by atoms with Gasteiger partial charge in [-0.3, -0.25) is 9.59 Å². The maximum Gasteiger partial charge on any atom is 0.231 e. The molecule has 0 fully saturated rings. The van der Waals surface area contributed by atoms with E-state index in [2.05, 4.69) is 10.3 Å². The van der Waals surface area contributed by atoms with E-state index in [0.29, 0.717) is 5.69 Å². The first-order valence-electron chi connectivity index (χ1n) is 5.53. The van der Waals surface area contributed by atoms with E-state index in [4.69, 9.17) is 0 Å². The highest BCUT2D eigenvalue weighted by Gasteiger charge is 2.05. The molecule has 0 aliphatic rings. The number of carbonyl (C=O) groups excluding carboxylic acids is 2. The minimum atomic E-state index is -0.294. The van der Waals surface area contributed by atoms with Crippen LogP contribution < -0.4 is 5.32 Å². The molecule has 5 nitrogen and oxygen atoms in total. The van der Waals surface area contributed by atoms with Crippen LogP contribution in [0.25, 0.3) is 5.69 Å². The molecule has 92 valence electrons. The molecule has 0 spiro atoms. The highest BCUT2D eigenvalue weighted by molar-refractivity contribution is 6.03. The van der Waals surface area contributed by atoms with E-state index in [1.807, 2.05) is 22.9 Å². The van der Waals surface area contributed by atoms with Crippen molar-refractivity contribution in [2.75, 3.05) is 5.32 Å². The molecule has 0 radical (unpaired) electrons. The first-order valence-corrected chi connectivity index (χ1v) is 5.53. The quantitative estimate of drug-likeness (QED) is 0.832. The molecule has 0 bridgehead atoms. The van der Waals surface area contributed by atoms with Gasteiger partial charge in [0, 0.05) is 23.8 Å². The van der Waals surface area contributed by atoms with Gasteiger partial charge >= 0.3 is 0 Å². The minimum Gasteiger partial charge on any atom is -0.326 e. The van der Waals surface area contributed by atoms with Gasteiger partial charge in [-0.05, 0) is 31.2 Å². The van der Waals surface area contributed by atoms with Crippen molar-refractivity contribution >= 4 is 17.4 Å². The molecule has 2 aromatic rings. The summed E-state index contributed by atoms with van der Waals surface area (Å²) in [6.45, 7) is 1.39. The molecule has 0 aliphatic heterocycles. The van der Waals surface area contributed by atoms with E-state index in [1.54, 1.807) is 24.7 Å². The maximum atomic E-state index is 11.4. The topological polar surface area (TPSA) is 64.0 Å². The van der Waals surface area contributed by atoms with Crippen molar-refractivity contribution in [3.05, 3.63) is 43.0 Å². The first-order chi connectivity index (χ1) is 8.65. The second-order valence-electron chi connectivity index (χ2n) is 3.94. The molecule has 1 aromatic heterocycles. The van der Waals surface area contributed by atoms with Crippen molar-refractivity contribution in [1.29, 1.82) is 0 Å². The lowest BCUT2D eigenvalue weighted by Gasteiger charge is -2.06. The van der Waals surface area contributed by atoms with Crippen molar-refractivity contribution in [2.24, 2.45) is 0 Å². The van der Waals surface area contributed by atoms with Crippen LogP contribution in [0, 0.1) is 0 Å². The maximum absolute atomic E-state index is 11.4. The normalized spacial score (nSPS) is 10.1. The molecule has 1 heterocycles. The SMILES string of the molecule is CC(=O)CC(=O)Nc1ccc(-n2ccnc2)cc1. The molecular weight excluding hydrogens is 230 g/mol. The summed E-state index contributed by atoms with van der Waals surface area (Å²) in [5.74, 6) is -0.444. The predicted molar refractivity (Wildman–Crippen MR) is 67.5 cm³/mol. The Kier molecular flexibility index (Phi) is 3.52. The molecule has 18 heavy (non-hydrogen) atoms. The summed E-state index contributed by atoms with van der Waals surface area (Å²) in [7, 11) is 0. The molecule has 0 saturated carbocycles. The summed E-state index contributed by atoms with van der Waals surface area (Å²) in [4.78, 5) is 26.1. The number of nitrogens with zero attached hydrogens (tertiary/aromatic N) is 2. The number of benzene rings is 1. The van der Waals surface area contributed by atoms with E-state index in [9.17, 15) is 9.59 Å². The Morgan fingerprint density at radius 3 is 2.56 bits per heavy atom. The fraction of sp³-hybridized carbons (Fsp3) is 0.154. The third-order valence-electron chi connectivity index (χ3n) is 2.36. The van der Waals surface area contributed by atoms with Crippen molar-refractivity contribution in [2.45, 2.75) is 13.3 Å². The van der Waals surface area contributed by atoms with Gasteiger partial charge in [-0.1, -0.05) is 0 Å². The Labute approximate surface area is 104 Å². The van der Waals surface area contributed by atoms with Crippen LogP contribution in [-0.2, 0) is 9.59 Å². The minimum absolute atomic E-state index is 0.0940. The average molecular weight is 243 g/mol. The number of nitrogens with one attached hydrogen (secondary N) is 1. The Bertz CT molecular complexity index is 544. The largest absolute Gasteiger partial charge is 0.326 e. The number of anilines is 1. The van der Waals surface area contributed by atoms with Crippen LogP contribution in [0.1, 0.15) is 13.3 Å². The van der Waals surface area contributed by atoms with Gasteiger partial charge in [-0.15, -0.1) is 0 Å². The number of amides is 1. The lowest BCUT2D eigenvalue weighted by Crippen LogP contribution is -2.14.